The van der Waals surface area contributed by atoms with Crippen LogP contribution in [-0.4, -0.2) is 18.0 Å². The van der Waals surface area contributed by atoms with E-state index in [2.05, 4.69) is 9.71 Å². The zero-order valence-corrected chi connectivity index (χ0v) is 12.0. The van der Waals surface area contributed by atoms with Crippen LogP contribution in [0.5, 0.6) is 0 Å². The van der Waals surface area contributed by atoms with Crippen molar-refractivity contribution >= 4 is 33.0 Å². The number of nitrogens with two attached hydrogens (primary N) is 1. The molecule has 0 saturated heterocycles. The number of hydrogen-bond donors (Lipinski definition) is 2. The van der Waals surface area contributed by atoms with Crippen LogP contribution in [-0.2, 0) is 17.1 Å². The Kier molecular flexibility index (Phi) is 3.42. The molecular weight excluding hydrogens is 288 g/mol. The van der Waals surface area contributed by atoms with Crippen molar-refractivity contribution in [3.63, 3.8) is 0 Å². The first-order chi connectivity index (χ1) is 8.79. The molecule has 1 aromatic carbocycles. The molecule has 2 aromatic rings. The van der Waals surface area contributed by atoms with E-state index in [9.17, 15) is 8.42 Å². The summed E-state index contributed by atoms with van der Waals surface area (Å²) in [5.74, 6) is 0.601. The first kappa shape index (κ1) is 13.7. The van der Waals surface area contributed by atoms with Crippen molar-refractivity contribution in [2.75, 3.05) is 10.5 Å². The molecule has 3 N–H and O–H groups in total. The Bertz CT molecular complexity index is 705. The lowest BCUT2D eigenvalue weighted by atomic mass is 10.3. The van der Waals surface area contributed by atoms with Gasteiger partial charge >= 0.3 is 0 Å². The summed E-state index contributed by atoms with van der Waals surface area (Å²) in [7, 11) is -2.04. The number of benzene rings is 1. The number of aromatic nitrogens is 2. The van der Waals surface area contributed by atoms with Gasteiger partial charge < -0.3 is 10.3 Å². The summed E-state index contributed by atoms with van der Waals surface area (Å²) < 4.78 is 28.3. The zero-order chi connectivity index (χ0) is 14.2. The smallest absolute Gasteiger partial charge is 0.281 e. The molecule has 2 rings (SSSR count). The van der Waals surface area contributed by atoms with Gasteiger partial charge in [0.2, 0.25) is 0 Å². The molecular formula is C11H13ClN4O2S. The van der Waals surface area contributed by atoms with Crippen LogP contribution in [0.25, 0.3) is 0 Å². The molecule has 0 unspecified atom stereocenters. The number of nitrogens with one attached hydrogen (secondary N) is 1. The van der Waals surface area contributed by atoms with Crippen molar-refractivity contribution in [1.29, 1.82) is 0 Å². The first-order valence-electron chi connectivity index (χ1n) is 5.37. The van der Waals surface area contributed by atoms with Gasteiger partial charge in [-0.15, -0.1) is 0 Å². The Labute approximate surface area is 116 Å². The molecule has 0 aliphatic rings. The molecule has 1 aromatic heterocycles. The third-order valence-electron chi connectivity index (χ3n) is 2.62. The predicted molar refractivity (Wildman–Crippen MR) is 74.6 cm³/mol. The van der Waals surface area contributed by atoms with Crippen LogP contribution in [0.15, 0.2) is 29.4 Å². The zero-order valence-electron chi connectivity index (χ0n) is 10.4. The Hall–Kier alpha value is -1.73. The number of rotatable bonds is 3. The van der Waals surface area contributed by atoms with E-state index in [1.165, 1.54) is 18.3 Å². The second kappa shape index (κ2) is 4.75. The monoisotopic (exact) mass is 300 g/mol. The summed E-state index contributed by atoms with van der Waals surface area (Å²) in [5.41, 5.74) is 6.23. The van der Waals surface area contributed by atoms with E-state index in [4.69, 9.17) is 17.3 Å². The summed E-state index contributed by atoms with van der Waals surface area (Å²) in [6, 6.07) is 4.54. The van der Waals surface area contributed by atoms with Crippen molar-refractivity contribution in [3.05, 3.63) is 35.2 Å². The lowest BCUT2D eigenvalue weighted by molar-refractivity contribution is 0.598. The molecule has 8 heteroatoms. The van der Waals surface area contributed by atoms with E-state index < -0.39 is 10.0 Å². The van der Waals surface area contributed by atoms with Crippen LogP contribution in [0.2, 0.25) is 5.02 Å². The SMILES string of the molecule is Cc1nc(S(=O)(=O)Nc2ccc(Cl)cc2N)cn1C. The van der Waals surface area contributed by atoms with E-state index in [0.29, 0.717) is 10.8 Å². The number of nitrogen functional groups attached to an aromatic ring is 1. The molecule has 1 heterocycles. The fourth-order valence-electron chi connectivity index (χ4n) is 1.48. The van der Waals surface area contributed by atoms with E-state index >= 15 is 0 Å². The fourth-order valence-corrected chi connectivity index (χ4v) is 2.79. The predicted octanol–water partition coefficient (Wildman–Crippen LogP) is 1.76. The van der Waals surface area contributed by atoms with Gasteiger partial charge in [0.15, 0.2) is 5.03 Å². The third-order valence-corrected chi connectivity index (χ3v) is 4.09. The molecule has 0 bridgehead atoms. The van der Waals surface area contributed by atoms with Crippen LogP contribution in [0.1, 0.15) is 5.82 Å². The van der Waals surface area contributed by atoms with Crippen molar-refractivity contribution in [2.24, 2.45) is 7.05 Å². The normalized spacial score (nSPS) is 11.5. The second-order valence-corrected chi connectivity index (χ2v) is 6.14. The summed E-state index contributed by atoms with van der Waals surface area (Å²) in [5, 5.41) is 0.385. The quantitative estimate of drug-likeness (QED) is 0.845. The molecule has 19 heavy (non-hydrogen) atoms. The van der Waals surface area contributed by atoms with Crippen LogP contribution in [0.4, 0.5) is 11.4 Å². The number of imidazole rings is 1. The van der Waals surface area contributed by atoms with Gasteiger partial charge in [-0.2, -0.15) is 8.42 Å². The van der Waals surface area contributed by atoms with E-state index in [1.807, 2.05) is 0 Å². The van der Waals surface area contributed by atoms with Gasteiger partial charge in [-0.3, -0.25) is 4.72 Å². The number of aryl methyl sites for hydroxylation is 2. The molecule has 6 nitrogen and oxygen atoms in total. The summed E-state index contributed by atoms with van der Waals surface area (Å²) in [6.45, 7) is 1.72. The topological polar surface area (TPSA) is 90.0 Å². The molecule has 0 aliphatic carbocycles. The molecule has 0 fully saturated rings. The highest BCUT2D eigenvalue weighted by Crippen LogP contribution is 2.25. The second-order valence-electron chi connectivity index (χ2n) is 4.07. The van der Waals surface area contributed by atoms with Crippen molar-refractivity contribution in [1.82, 2.24) is 9.55 Å². The number of nitrogens with zero attached hydrogens (tertiary/aromatic N) is 2. The summed E-state index contributed by atoms with van der Waals surface area (Å²) >= 11 is 5.76. The van der Waals surface area contributed by atoms with E-state index in [-0.39, 0.29) is 16.4 Å². The first-order valence-corrected chi connectivity index (χ1v) is 7.23. The molecule has 102 valence electrons. The highest BCUT2D eigenvalue weighted by molar-refractivity contribution is 7.92. The lowest BCUT2D eigenvalue weighted by Gasteiger charge is -2.08. The van der Waals surface area contributed by atoms with Crippen LogP contribution in [0, 0.1) is 6.92 Å². The minimum absolute atomic E-state index is 0.0538. The van der Waals surface area contributed by atoms with Gasteiger partial charge in [0.1, 0.15) is 5.82 Å². The van der Waals surface area contributed by atoms with Gasteiger partial charge in [0.25, 0.3) is 10.0 Å². The number of hydrogen-bond acceptors (Lipinski definition) is 4. The standard InChI is InChI=1S/C11H13ClN4O2S/c1-7-14-11(6-16(7)2)19(17,18)15-10-4-3-8(12)5-9(10)13/h3-6,15H,13H2,1-2H3. The molecule has 0 spiro atoms. The average Bonchev–Trinajstić information content (AvgIpc) is 2.64. The molecule has 0 radical (unpaired) electrons. The maximum absolute atomic E-state index is 12.1. The number of anilines is 2. The minimum atomic E-state index is -3.76. The Balaban J connectivity index is 2.36. The van der Waals surface area contributed by atoms with Gasteiger partial charge in [-0.25, -0.2) is 4.98 Å². The van der Waals surface area contributed by atoms with Crippen molar-refractivity contribution in [3.8, 4) is 0 Å². The van der Waals surface area contributed by atoms with Crippen LogP contribution >= 0.6 is 11.6 Å². The van der Waals surface area contributed by atoms with Gasteiger partial charge in [-0.05, 0) is 25.1 Å². The Morgan fingerprint density at radius 2 is 2.11 bits per heavy atom. The molecule has 0 atom stereocenters. The summed E-state index contributed by atoms with van der Waals surface area (Å²) in [6.07, 6.45) is 1.43. The van der Waals surface area contributed by atoms with E-state index in [0.717, 1.165) is 0 Å². The number of sulfonamides is 1. The molecule has 0 saturated carbocycles. The van der Waals surface area contributed by atoms with Crippen LogP contribution < -0.4 is 10.5 Å². The van der Waals surface area contributed by atoms with Gasteiger partial charge in [0.05, 0.1) is 11.4 Å². The Morgan fingerprint density at radius 3 is 2.63 bits per heavy atom. The number of halogens is 1. The average molecular weight is 301 g/mol. The van der Waals surface area contributed by atoms with Crippen molar-refractivity contribution in [2.45, 2.75) is 11.9 Å². The largest absolute Gasteiger partial charge is 0.397 e. The Morgan fingerprint density at radius 1 is 1.42 bits per heavy atom. The summed E-state index contributed by atoms with van der Waals surface area (Å²) in [4.78, 5) is 3.97. The van der Waals surface area contributed by atoms with Crippen molar-refractivity contribution < 1.29 is 8.42 Å². The minimum Gasteiger partial charge on any atom is -0.397 e. The maximum atomic E-state index is 12.1. The fraction of sp³-hybridized carbons (Fsp3) is 0.182. The highest BCUT2D eigenvalue weighted by atomic mass is 35.5. The third kappa shape index (κ3) is 2.82. The van der Waals surface area contributed by atoms with Gasteiger partial charge in [-0.1, -0.05) is 11.6 Å². The highest BCUT2D eigenvalue weighted by Gasteiger charge is 2.19. The molecule has 0 aliphatic heterocycles. The maximum Gasteiger partial charge on any atom is 0.281 e. The van der Waals surface area contributed by atoms with Gasteiger partial charge in [0, 0.05) is 18.3 Å². The van der Waals surface area contributed by atoms with Crippen LogP contribution in [0.3, 0.4) is 0 Å². The molecule has 0 amide bonds. The van der Waals surface area contributed by atoms with E-state index in [1.54, 1.807) is 24.6 Å². The lowest BCUT2D eigenvalue weighted by Crippen LogP contribution is -2.14.